The van der Waals surface area contributed by atoms with E-state index in [4.69, 9.17) is 0 Å². The van der Waals surface area contributed by atoms with Crippen LogP contribution in [0.3, 0.4) is 0 Å². The van der Waals surface area contributed by atoms with Gasteiger partial charge in [0.1, 0.15) is 0 Å². The molecule has 21 heavy (non-hydrogen) atoms. The highest BCUT2D eigenvalue weighted by Gasteiger charge is 2.15. The van der Waals surface area contributed by atoms with E-state index < -0.39 is 0 Å². The second kappa shape index (κ2) is 7.25. The van der Waals surface area contributed by atoms with E-state index in [9.17, 15) is 9.59 Å². The van der Waals surface area contributed by atoms with Crippen LogP contribution in [0.5, 0.6) is 0 Å². The molecule has 1 aromatic rings. The SMILES string of the molecule is CC(=O)NCCNC(=O)Cc1cc(C(C)(C)C)ccc1C. The van der Waals surface area contributed by atoms with Crippen molar-refractivity contribution in [3.05, 3.63) is 34.9 Å². The summed E-state index contributed by atoms with van der Waals surface area (Å²) >= 11 is 0. The maximum Gasteiger partial charge on any atom is 0.224 e. The molecule has 0 unspecified atom stereocenters. The first-order valence-corrected chi connectivity index (χ1v) is 7.31. The van der Waals surface area contributed by atoms with Gasteiger partial charge in [-0.15, -0.1) is 0 Å². The Labute approximate surface area is 127 Å². The fourth-order valence-corrected chi connectivity index (χ4v) is 2.00. The van der Waals surface area contributed by atoms with E-state index in [1.165, 1.54) is 12.5 Å². The summed E-state index contributed by atoms with van der Waals surface area (Å²) in [6, 6.07) is 6.30. The van der Waals surface area contributed by atoms with Crippen molar-refractivity contribution in [2.45, 2.75) is 46.5 Å². The van der Waals surface area contributed by atoms with Crippen LogP contribution in [0.2, 0.25) is 0 Å². The van der Waals surface area contributed by atoms with Crippen LogP contribution in [0.4, 0.5) is 0 Å². The van der Waals surface area contributed by atoms with E-state index in [-0.39, 0.29) is 17.2 Å². The van der Waals surface area contributed by atoms with Crippen LogP contribution in [0.15, 0.2) is 18.2 Å². The topological polar surface area (TPSA) is 58.2 Å². The van der Waals surface area contributed by atoms with Gasteiger partial charge in [0.05, 0.1) is 6.42 Å². The second-order valence-electron chi connectivity index (χ2n) is 6.40. The minimum atomic E-state index is -0.0852. The third-order valence-electron chi connectivity index (χ3n) is 3.39. The van der Waals surface area contributed by atoms with Crippen molar-refractivity contribution in [3.63, 3.8) is 0 Å². The molecule has 1 aromatic carbocycles. The van der Waals surface area contributed by atoms with Gasteiger partial charge in [-0.05, 0) is 29.0 Å². The quantitative estimate of drug-likeness (QED) is 0.816. The van der Waals surface area contributed by atoms with E-state index in [2.05, 4.69) is 49.6 Å². The van der Waals surface area contributed by atoms with E-state index in [0.717, 1.165) is 11.1 Å². The van der Waals surface area contributed by atoms with Gasteiger partial charge >= 0.3 is 0 Å². The Morgan fingerprint density at radius 2 is 1.71 bits per heavy atom. The van der Waals surface area contributed by atoms with Crippen molar-refractivity contribution < 1.29 is 9.59 Å². The van der Waals surface area contributed by atoms with Crippen molar-refractivity contribution in [1.29, 1.82) is 0 Å². The first-order valence-electron chi connectivity index (χ1n) is 7.31. The Morgan fingerprint density at radius 1 is 1.10 bits per heavy atom. The monoisotopic (exact) mass is 290 g/mol. The van der Waals surface area contributed by atoms with E-state index in [1.807, 2.05) is 6.92 Å². The van der Waals surface area contributed by atoms with Crippen molar-refractivity contribution in [2.75, 3.05) is 13.1 Å². The smallest absolute Gasteiger partial charge is 0.224 e. The molecule has 2 amide bonds. The van der Waals surface area contributed by atoms with Crippen molar-refractivity contribution >= 4 is 11.8 Å². The number of carbonyl (C=O) groups excluding carboxylic acids is 2. The molecule has 0 spiro atoms. The predicted molar refractivity (Wildman–Crippen MR) is 85.3 cm³/mol. The summed E-state index contributed by atoms with van der Waals surface area (Å²) in [5, 5.41) is 5.47. The summed E-state index contributed by atoms with van der Waals surface area (Å²) < 4.78 is 0. The lowest BCUT2D eigenvalue weighted by atomic mass is 9.85. The van der Waals surface area contributed by atoms with Gasteiger partial charge in [0.2, 0.25) is 11.8 Å². The minimum absolute atomic E-state index is 0.0190. The third-order valence-corrected chi connectivity index (χ3v) is 3.39. The van der Waals surface area contributed by atoms with Gasteiger partial charge in [-0.2, -0.15) is 0 Å². The summed E-state index contributed by atoms with van der Waals surface area (Å²) in [4.78, 5) is 22.7. The van der Waals surface area contributed by atoms with Crippen molar-refractivity contribution in [2.24, 2.45) is 0 Å². The largest absolute Gasteiger partial charge is 0.355 e. The molecule has 0 aliphatic heterocycles. The molecule has 0 aliphatic carbocycles. The standard InChI is InChI=1S/C17H26N2O2/c1-12-6-7-15(17(3,4)5)10-14(12)11-16(21)19-9-8-18-13(2)20/h6-7,10H,8-9,11H2,1-5H3,(H,18,20)(H,19,21). The number of nitrogens with one attached hydrogen (secondary N) is 2. The molecule has 4 nitrogen and oxygen atoms in total. The molecule has 0 saturated heterocycles. The average Bonchev–Trinajstić information content (AvgIpc) is 2.36. The molecule has 1 rings (SSSR count). The summed E-state index contributed by atoms with van der Waals surface area (Å²) in [6.07, 6.45) is 0.371. The van der Waals surface area contributed by atoms with E-state index in [1.54, 1.807) is 0 Å². The Bertz CT molecular complexity index is 516. The van der Waals surface area contributed by atoms with Crippen LogP contribution in [0, 0.1) is 6.92 Å². The van der Waals surface area contributed by atoms with Crippen molar-refractivity contribution in [1.82, 2.24) is 10.6 Å². The van der Waals surface area contributed by atoms with Gasteiger partial charge < -0.3 is 10.6 Å². The number of benzene rings is 1. The Hall–Kier alpha value is -1.84. The normalized spacial score (nSPS) is 11.1. The Kier molecular flexibility index (Phi) is 5.94. The van der Waals surface area contributed by atoms with Crippen LogP contribution in [0.25, 0.3) is 0 Å². The highest BCUT2D eigenvalue weighted by Crippen LogP contribution is 2.24. The molecule has 116 valence electrons. The van der Waals surface area contributed by atoms with Crippen LogP contribution in [-0.2, 0) is 21.4 Å². The predicted octanol–water partition coefficient (Wildman–Crippen LogP) is 2.09. The maximum absolute atomic E-state index is 11.9. The zero-order chi connectivity index (χ0) is 16.0. The highest BCUT2D eigenvalue weighted by atomic mass is 16.2. The van der Waals surface area contributed by atoms with Crippen LogP contribution < -0.4 is 10.6 Å². The summed E-state index contributed by atoms with van der Waals surface area (Å²) in [6.45, 7) is 10.9. The highest BCUT2D eigenvalue weighted by molar-refractivity contribution is 5.79. The number of hydrogen-bond acceptors (Lipinski definition) is 2. The van der Waals surface area contributed by atoms with Crippen molar-refractivity contribution in [3.8, 4) is 0 Å². The second-order valence-corrected chi connectivity index (χ2v) is 6.40. The first-order chi connectivity index (χ1) is 9.70. The molecule has 0 bridgehead atoms. The summed E-state index contributed by atoms with van der Waals surface area (Å²) in [5.41, 5.74) is 3.48. The van der Waals surface area contributed by atoms with Gasteiger partial charge in [-0.25, -0.2) is 0 Å². The van der Waals surface area contributed by atoms with Crippen LogP contribution in [0.1, 0.15) is 44.4 Å². The zero-order valence-electron chi connectivity index (χ0n) is 13.7. The number of aryl methyl sites for hydroxylation is 1. The van der Waals surface area contributed by atoms with Gasteiger partial charge in [0.25, 0.3) is 0 Å². The molecule has 0 heterocycles. The molecule has 0 aromatic heterocycles. The molecular weight excluding hydrogens is 264 g/mol. The van der Waals surface area contributed by atoms with Gasteiger partial charge in [-0.3, -0.25) is 9.59 Å². The Balaban J connectivity index is 2.61. The third kappa shape index (κ3) is 5.98. The van der Waals surface area contributed by atoms with Crippen LogP contribution >= 0.6 is 0 Å². The lowest BCUT2D eigenvalue weighted by molar-refractivity contribution is -0.121. The number of hydrogen-bond donors (Lipinski definition) is 2. The van der Waals surface area contributed by atoms with Gasteiger partial charge in [0, 0.05) is 20.0 Å². The average molecular weight is 290 g/mol. The number of amides is 2. The molecule has 4 heteroatoms. The lowest BCUT2D eigenvalue weighted by Gasteiger charge is -2.20. The minimum Gasteiger partial charge on any atom is -0.355 e. The molecule has 0 fully saturated rings. The molecule has 0 radical (unpaired) electrons. The lowest BCUT2D eigenvalue weighted by Crippen LogP contribution is -2.34. The fraction of sp³-hybridized carbons (Fsp3) is 0.529. The summed E-state index contributed by atoms with van der Waals surface area (Å²) in [7, 11) is 0. The molecule has 0 atom stereocenters. The maximum atomic E-state index is 11.9. The molecule has 0 saturated carbocycles. The van der Waals surface area contributed by atoms with Crippen LogP contribution in [-0.4, -0.2) is 24.9 Å². The van der Waals surface area contributed by atoms with Gasteiger partial charge in [-0.1, -0.05) is 39.0 Å². The fourth-order valence-electron chi connectivity index (χ4n) is 2.00. The molecule has 2 N–H and O–H groups in total. The number of rotatable bonds is 5. The molecular formula is C17H26N2O2. The first kappa shape index (κ1) is 17.2. The molecule has 0 aliphatic rings. The van der Waals surface area contributed by atoms with E-state index in [0.29, 0.717) is 19.5 Å². The zero-order valence-corrected chi connectivity index (χ0v) is 13.7. The summed E-state index contributed by atoms with van der Waals surface area (Å²) in [5.74, 6) is -0.104. The van der Waals surface area contributed by atoms with Gasteiger partial charge in [0.15, 0.2) is 0 Å². The Morgan fingerprint density at radius 3 is 2.29 bits per heavy atom. The van der Waals surface area contributed by atoms with E-state index >= 15 is 0 Å². The number of carbonyl (C=O) groups is 2.